The van der Waals surface area contributed by atoms with Crippen LogP contribution in [0.1, 0.15) is 26.7 Å². The minimum absolute atomic E-state index is 0.0174. The number of hydrogen-bond donors (Lipinski definition) is 1. The predicted octanol–water partition coefficient (Wildman–Crippen LogP) is 0.752. The fourth-order valence-electron chi connectivity index (χ4n) is 1.45. The topological polar surface area (TPSA) is 56.7 Å². The molecule has 4 heteroatoms. The molecule has 0 unspecified atom stereocenters. The summed E-state index contributed by atoms with van der Waals surface area (Å²) >= 11 is 0. The van der Waals surface area contributed by atoms with Crippen molar-refractivity contribution in [2.45, 2.75) is 32.2 Å². The Kier molecular flexibility index (Phi) is 2.81. The van der Waals surface area contributed by atoms with Crippen LogP contribution < -0.4 is 5.73 Å². The Hall–Kier alpha value is -0.900. The van der Waals surface area contributed by atoms with Crippen molar-refractivity contribution in [1.29, 1.82) is 0 Å². The van der Waals surface area contributed by atoms with E-state index in [0.29, 0.717) is 6.54 Å². The Morgan fingerprint density at radius 1 is 1.25 bits per heavy atom. The molecule has 4 nitrogen and oxygen atoms in total. The van der Waals surface area contributed by atoms with E-state index in [2.05, 4.69) is 24.0 Å². The maximum atomic E-state index is 5.74. The van der Waals surface area contributed by atoms with Crippen LogP contribution in [0.25, 0.3) is 0 Å². The molecule has 0 atom stereocenters. The number of rotatable bonds is 4. The van der Waals surface area contributed by atoms with E-state index in [-0.39, 0.29) is 5.54 Å². The molecule has 12 heavy (non-hydrogen) atoms. The van der Waals surface area contributed by atoms with Crippen LogP contribution in [0.2, 0.25) is 0 Å². The molecule has 0 saturated heterocycles. The van der Waals surface area contributed by atoms with Crippen molar-refractivity contribution in [3.8, 4) is 0 Å². The first-order valence-electron chi connectivity index (χ1n) is 4.34. The lowest BCUT2D eigenvalue weighted by molar-refractivity contribution is 0.270. The molecule has 0 radical (unpaired) electrons. The van der Waals surface area contributed by atoms with Crippen LogP contribution in [0.5, 0.6) is 0 Å². The van der Waals surface area contributed by atoms with Crippen molar-refractivity contribution in [2.24, 2.45) is 5.73 Å². The van der Waals surface area contributed by atoms with E-state index in [1.807, 2.05) is 4.57 Å². The van der Waals surface area contributed by atoms with Gasteiger partial charge < -0.3 is 10.3 Å². The molecule has 0 fully saturated rings. The molecule has 1 aromatic heterocycles. The summed E-state index contributed by atoms with van der Waals surface area (Å²) in [7, 11) is 0. The maximum Gasteiger partial charge on any atom is 0.119 e. The lowest BCUT2D eigenvalue weighted by Gasteiger charge is -2.30. The van der Waals surface area contributed by atoms with Gasteiger partial charge in [0.05, 0.1) is 5.54 Å². The maximum absolute atomic E-state index is 5.74. The number of aromatic nitrogens is 3. The molecular formula is C8H16N4. The average molecular weight is 168 g/mol. The van der Waals surface area contributed by atoms with Crippen LogP contribution in [0.4, 0.5) is 0 Å². The third-order valence-electron chi connectivity index (χ3n) is 2.66. The van der Waals surface area contributed by atoms with Crippen molar-refractivity contribution in [1.82, 2.24) is 14.8 Å². The van der Waals surface area contributed by atoms with Crippen LogP contribution in [0.3, 0.4) is 0 Å². The summed E-state index contributed by atoms with van der Waals surface area (Å²) in [6, 6.07) is 0. The van der Waals surface area contributed by atoms with E-state index in [4.69, 9.17) is 5.73 Å². The first-order chi connectivity index (χ1) is 5.79. The predicted molar refractivity (Wildman–Crippen MR) is 47.6 cm³/mol. The van der Waals surface area contributed by atoms with Crippen LogP contribution in [-0.2, 0) is 5.54 Å². The fourth-order valence-corrected chi connectivity index (χ4v) is 1.45. The Balaban J connectivity index is 2.93. The zero-order valence-corrected chi connectivity index (χ0v) is 7.70. The number of hydrogen-bond acceptors (Lipinski definition) is 3. The van der Waals surface area contributed by atoms with Gasteiger partial charge in [-0.2, -0.15) is 0 Å². The minimum Gasteiger partial charge on any atom is -0.328 e. The summed E-state index contributed by atoms with van der Waals surface area (Å²) in [4.78, 5) is 0. The Morgan fingerprint density at radius 2 is 1.75 bits per heavy atom. The van der Waals surface area contributed by atoms with Crippen molar-refractivity contribution < 1.29 is 0 Å². The van der Waals surface area contributed by atoms with E-state index in [1.165, 1.54) is 0 Å². The van der Waals surface area contributed by atoms with Crippen LogP contribution in [0, 0.1) is 0 Å². The second-order valence-electron chi connectivity index (χ2n) is 3.00. The molecule has 68 valence electrons. The summed E-state index contributed by atoms with van der Waals surface area (Å²) in [5.74, 6) is 0. The van der Waals surface area contributed by atoms with Gasteiger partial charge in [-0.25, -0.2) is 0 Å². The summed E-state index contributed by atoms with van der Waals surface area (Å²) in [5.41, 5.74) is 5.76. The second kappa shape index (κ2) is 3.67. The van der Waals surface area contributed by atoms with Crippen molar-refractivity contribution in [3.05, 3.63) is 12.7 Å². The molecule has 0 aliphatic rings. The molecule has 0 saturated carbocycles. The van der Waals surface area contributed by atoms with Gasteiger partial charge in [0.25, 0.3) is 0 Å². The van der Waals surface area contributed by atoms with E-state index in [9.17, 15) is 0 Å². The van der Waals surface area contributed by atoms with Gasteiger partial charge in [-0.1, -0.05) is 13.8 Å². The smallest absolute Gasteiger partial charge is 0.119 e. The normalized spacial score (nSPS) is 11.9. The molecule has 0 aliphatic carbocycles. The first kappa shape index (κ1) is 9.19. The van der Waals surface area contributed by atoms with Gasteiger partial charge in [-0.05, 0) is 12.8 Å². The molecular weight excluding hydrogens is 152 g/mol. The third kappa shape index (κ3) is 1.34. The van der Waals surface area contributed by atoms with E-state index in [1.54, 1.807) is 12.7 Å². The fraction of sp³-hybridized carbons (Fsp3) is 0.750. The molecule has 0 aromatic carbocycles. The minimum atomic E-state index is 0.0174. The standard InChI is InChI=1S/C8H16N4/c1-3-8(4-2,5-9)12-6-10-11-7-12/h6-7H,3-5,9H2,1-2H3. The Morgan fingerprint density at radius 3 is 2.08 bits per heavy atom. The van der Waals surface area contributed by atoms with Crippen LogP contribution in [0.15, 0.2) is 12.7 Å². The Bertz CT molecular complexity index is 205. The molecule has 1 rings (SSSR count). The van der Waals surface area contributed by atoms with Crippen molar-refractivity contribution in [3.63, 3.8) is 0 Å². The lowest BCUT2D eigenvalue weighted by Crippen LogP contribution is -2.39. The van der Waals surface area contributed by atoms with Gasteiger partial charge in [0.15, 0.2) is 0 Å². The summed E-state index contributed by atoms with van der Waals surface area (Å²) in [6.07, 6.45) is 5.50. The zero-order valence-electron chi connectivity index (χ0n) is 7.70. The quantitative estimate of drug-likeness (QED) is 0.721. The van der Waals surface area contributed by atoms with Crippen LogP contribution >= 0.6 is 0 Å². The van der Waals surface area contributed by atoms with E-state index >= 15 is 0 Å². The van der Waals surface area contributed by atoms with Crippen LogP contribution in [-0.4, -0.2) is 21.3 Å². The SMILES string of the molecule is CCC(CC)(CN)n1cnnc1. The van der Waals surface area contributed by atoms with Gasteiger partial charge in [-0.3, -0.25) is 0 Å². The van der Waals surface area contributed by atoms with Gasteiger partial charge >= 0.3 is 0 Å². The number of nitrogens with zero attached hydrogens (tertiary/aromatic N) is 3. The largest absolute Gasteiger partial charge is 0.328 e. The Labute approximate surface area is 72.8 Å². The second-order valence-corrected chi connectivity index (χ2v) is 3.00. The van der Waals surface area contributed by atoms with Gasteiger partial charge in [0.2, 0.25) is 0 Å². The highest BCUT2D eigenvalue weighted by Crippen LogP contribution is 2.22. The molecule has 0 aliphatic heterocycles. The zero-order chi connectivity index (χ0) is 9.03. The lowest BCUT2D eigenvalue weighted by atomic mass is 9.93. The molecule has 0 bridgehead atoms. The van der Waals surface area contributed by atoms with E-state index < -0.39 is 0 Å². The van der Waals surface area contributed by atoms with Gasteiger partial charge in [-0.15, -0.1) is 10.2 Å². The summed E-state index contributed by atoms with van der Waals surface area (Å²) in [6.45, 7) is 4.91. The van der Waals surface area contributed by atoms with E-state index in [0.717, 1.165) is 12.8 Å². The van der Waals surface area contributed by atoms with Gasteiger partial charge in [0, 0.05) is 6.54 Å². The molecule has 1 aromatic rings. The van der Waals surface area contributed by atoms with Gasteiger partial charge in [0.1, 0.15) is 12.7 Å². The summed E-state index contributed by atoms with van der Waals surface area (Å²) < 4.78 is 2.01. The monoisotopic (exact) mass is 168 g/mol. The number of nitrogens with two attached hydrogens (primary N) is 1. The van der Waals surface area contributed by atoms with Crippen molar-refractivity contribution in [2.75, 3.05) is 6.54 Å². The summed E-state index contributed by atoms with van der Waals surface area (Å²) in [5, 5.41) is 7.58. The first-order valence-corrected chi connectivity index (χ1v) is 4.34. The highest BCUT2D eigenvalue weighted by Gasteiger charge is 2.25. The molecule has 0 spiro atoms. The molecule has 2 N–H and O–H groups in total. The third-order valence-corrected chi connectivity index (χ3v) is 2.66. The average Bonchev–Trinajstić information content (AvgIpc) is 2.62. The highest BCUT2D eigenvalue weighted by molar-refractivity contribution is 4.87. The highest BCUT2D eigenvalue weighted by atomic mass is 15.3. The van der Waals surface area contributed by atoms with Crippen molar-refractivity contribution >= 4 is 0 Å². The molecule has 1 heterocycles. The molecule has 0 amide bonds.